The van der Waals surface area contributed by atoms with Crippen LogP contribution in [-0.2, 0) is 50.7 Å². The van der Waals surface area contributed by atoms with Crippen molar-refractivity contribution < 1.29 is 85.6 Å². The van der Waals surface area contributed by atoms with Gasteiger partial charge in [-0.3, -0.25) is 22.9 Å². The molecule has 282 valence electrons. The highest BCUT2D eigenvalue weighted by Crippen LogP contribution is 2.61. The number of hydrogen-bond donors (Lipinski definition) is 9. The Bertz CT molecular complexity index is 1860. The number of fused-ring (bicyclic) bond motifs is 1. The number of nitrogens with zero attached hydrogens (tertiary/aromatic N) is 6. The monoisotopic (exact) mass is 790 g/mol. The molecule has 0 aromatic carbocycles. The molecule has 3 aliphatic rings. The van der Waals surface area contributed by atoms with Gasteiger partial charge in [0.15, 0.2) is 35.4 Å². The molecule has 0 bridgehead atoms. The summed E-state index contributed by atoms with van der Waals surface area (Å²) < 4.78 is 67.2. The predicted molar refractivity (Wildman–Crippen MR) is 159 cm³/mol. The Morgan fingerprint density at radius 1 is 1.06 bits per heavy atom. The van der Waals surface area contributed by atoms with E-state index in [1.54, 1.807) is 0 Å². The van der Waals surface area contributed by atoms with E-state index in [1.165, 1.54) is 23.4 Å². The number of phosphoric acid groups is 3. The second kappa shape index (κ2) is 14.6. The maximum absolute atomic E-state index is 12.7. The third-order valence-corrected chi connectivity index (χ3v) is 10.5. The van der Waals surface area contributed by atoms with Crippen molar-refractivity contribution >= 4 is 46.4 Å². The van der Waals surface area contributed by atoms with Crippen molar-refractivity contribution in [3.8, 4) is 0 Å². The van der Waals surface area contributed by atoms with Gasteiger partial charge in [0.1, 0.15) is 42.9 Å². The third kappa shape index (κ3) is 8.50. The van der Waals surface area contributed by atoms with Gasteiger partial charge in [-0.25, -0.2) is 28.6 Å². The first-order valence-corrected chi connectivity index (χ1v) is 18.4. The number of phosphoric ester groups is 3. The van der Waals surface area contributed by atoms with E-state index < -0.39 is 91.4 Å². The number of imidazole rings is 1. The molecule has 2 fully saturated rings. The summed E-state index contributed by atoms with van der Waals surface area (Å²) >= 11 is 0. The number of aromatic nitrogens is 4. The molecule has 51 heavy (non-hydrogen) atoms. The maximum Gasteiger partial charge on any atom is 0.481 e. The zero-order valence-corrected chi connectivity index (χ0v) is 27.9. The fourth-order valence-electron chi connectivity index (χ4n) is 5.10. The quantitative estimate of drug-likeness (QED) is 0.0509. The fraction of sp³-hybridized carbons (Fsp3) is 0.524. The van der Waals surface area contributed by atoms with Crippen molar-refractivity contribution in [3.63, 3.8) is 0 Å². The van der Waals surface area contributed by atoms with Crippen LogP contribution in [0.2, 0.25) is 0 Å². The standard InChI is InChI=1S/C21H29N8O19P3/c22-16-11-18(25-7-24-16)29(8-26-11)20-14(46-49(35,36)37)15(32)21(45-20,47-27-34)6-43-51(40,41)48-50(38,39)42-5-10-12(30)13(31)19(44-10)28-3-1-2-9(4-28)17(23)33/h1,3-4,7-8,10,12-15,19-20,30-32H,2,5-6H2,(H2,23,33)(H,38,39)(H,40,41)(H2,22,24,25)(H2,35,36,37)/t10-,12-,13-,14-,15-,19-,20-,21-/m1/s1. The van der Waals surface area contributed by atoms with Crippen molar-refractivity contribution in [2.75, 3.05) is 18.9 Å². The van der Waals surface area contributed by atoms with Gasteiger partial charge in [0.25, 0.3) is 5.79 Å². The summed E-state index contributed by atoms with van der Waals surface area (Å²) in [6.07, 6.45) is -6.64. The van der Waals surface area contributed by atoms with Crippen LogP contribution in [0.25, 0.3) is 11.2 Å². The van der Waals surface area contributed by atoms with E-state index in [0.29, 0.717) is 0 Å². The highest BCUT2D eigenvalue weighted by Gasteiger charge is 2.62. The number of anilines is 1. The molecular formula is C21H29N8O19P3. The summed E-state index contributed by atoms with van der Waals surface area (Å²) in [7, 11) is -16.9. The van der Waals surface area contributed by atoms with Crippen LogP contribution >= 0.6 is 23.5 Å². The average Bonchev–Trinajstić information content (AvgIpc) is 3.68. The number of carbonyl (C=O) groups excluding carboxylic acids is 1. The Balaban J connectivity index is 1.27. The summed E-state index contributed by atoms with van der Waals surface area (Å²) in [5, 5.41) is 34.0. The molecule has 5 heterocycles. The molecule has 0 saturated carbocycles. The summed E-state index contributed by atoms with van der Waals surface area (Å²) in [5.41, 5.74) is 10.9. The lowest BCUT2D eigenvalue weighted by molar-refractivity contribution is -0.280. The van der Waals surface area contributed by atoms with Gasteiger partial charge in [-0.15, -0.1) is 4.91 Å². The molecule has 2 unspecified atom stereocenters. The number of aliphatic hydroxyl groups is 3. The summed E-state index contributed by atoms with van der Waals surface area (Å²) in [6, 6.07) is 0. The van der Waals surface area contributed by atoms with E-state index in [2.05, 4.69) is 43.0 Å². The van der Waals surface area contributed by atoms with E-state index in [-0.39, 0.29) is 29.0 Å². The van der Waals surface area contributed by atoms with E-state index in [9.17, 15) is 58.3 Å². The normalized spacial score (nSPS) is 32.0. The number of allylic oxidation sites excluding steroid dienone is 1. The molecule has 3 aliphatic heterocycles. The van der Waals surface area contributed by atoms with Crippen LogP contribution in [0.15, 0.2) is 42.0 Å². The number of rotatable bonds is 15. The van der Waals surface area contributed by atoms with Crippen LogP contribution in [0.5, 0.6) is 0 Å². The van der Waals surface area contributed by atoms with Gasteiger partial charge < -0.3 is 65.6 Å². The van der Waals surface area contributed by atoms with Crippen molar-refractivity contribution in [1.29, 1.82) is 0 Å². The van der Waals surface area contributed by atoms with Crippen LogP contribution in [0.4, 0.5) is 5.82 Å². The molecule has 0 radical (unpaired) electrons. The summed E-state index contributed by atoms with van der Waals surface area (Å²) in [6.45, 7) is -2.62. The summed E-state index contributed by atoms with van der Waals surface area (Å²) in [4.78, 5) is 79.4. The number of ether oxygens (including phenoxy) is 2. The molecule has 2 aromatic rings. The average molecular weight is 790 g/mol. The van der Waals surface area contributed by atoms with E-state index in [1.807, 2.05) is 0 Å². The number of nitrogen functional groups attached to an aromatic ring is 1. The van der Waals surface area contributed by atoms with Crippen molar-refractivity contribution in [2.45, 2.75) is 55.2 Å². The zero-order valence-electron chi connectivity index (χ0n) is 25.3. The van der Waals surface area contributed by atoms with Crippen molar-refractivity contribution in [1.82, 2.24) is 24.4 Å². The molecule has 2 saturated heterocycles. The first-order valence-electron chi connectivity index (χ1n) is 13.9. The summed E-state index contributed by atoms with van der Waals surface area (Å²) in [5.74, 6) is -3.96. The van der Waals surface area contributed by atoms with Crippen LogP contribution < -0.4 is 11.5 Å². The Labute approximate surface area is 283 Å². The van der Waals surface area contributed by atoms with Crippen LogP contribution in [0.3, 0.4) is 0 Å². The lowest BCUT2D eigenvalue weighted by atomic mass is 10.1. The molecule has 5 rings (SSSR count). The Kier molecular flexibility index (Phi) is 11.1. The van der Waals surface area contributed by atoms with Crippen LogP contribution in [-0.4, -0.2) is 121 Å². The lowest BCUT2D eigenvalue weighted by Crippen LogP contribution is -2.48. The largest absolute Gasteiger partial charge is 0.481 e. The second-order valence-corrected chi connectivity index (χ2v) is 15.0. The fourth-order valence-corrected chi connectivity index (χ4v) is 7.74. The molecule has 30 heteroatoms. The second-order valence-electron chi connectivity index (χ2n) is 10.8. The van der Waals surface area contributed by atoms with Gasteiger partial charge >= 0.3 is 23.5 Å². The minimum absolute atomic E-state index is 0.0568. The van der Waals surface area contributed by atoms with Crippen LogP contribution in [0, 0.1) is 4.91 Å². The van der Waals surface area contributed by atoms with E-state index >= 15 is 0 Å². The van der Waals surface area contributed by atoms with Gasteiger partial charge in [0.05, 0.1) is 12.9 Å². The third-order valence-electron chi connectivity index (χ3n) is 7.38. The molecule has 11 N–H and O–H groups in total. The number of amides is 1. The zero-order chi connectivity index (χ0) is 37.5. The number of nitrogens with two attached hydrogens (primary N) is 2. The van der Waals surface area contributed by atoms with Crippen LogP contribution in [0.1, 0.15) is 12.6 Å². The molecule has 0 aliphatic carbocycles. The molecule has 0 spiro atoms. The minimum atomic E-state index is -5.81. The maximum atomic E-state index is 12.7. The smallest absolute Gasteiger partial charge is 0.387 e. The molecule has 2 aromatic heterocycles. The number of aliphatic hydroxyl groups excluding tert-OH is 3. The molecule has 27 nitrogen and oxygen atoms in total. The first-order chi connectivity index (χ1) is 23.8. The Hall–Kier alpha value is -3.33. The lowest BCUT2D eigenvalue weighted by Gasteiger charge is -2.28. The first kappa shape index (κ1) is 38.9. The topological polar surface area (TPSA) is 403 Å². The SMILES string of the molecule is NC(=O)C1=CN([C@@H]2O[C@H](COP(=O)(O)OP(=O)(O)OC[C@]3(ON=O)O[C@@H](n4cnc5c(N)ncnc54)[C@H](OP(=O)(O)O)[C@H]3O)[C@@H](O)[C@H]2O)C=CC1. The number of hydrogen-bond acceptors (Lipinski definition) is 21. The van der Waals surface area contributed by atoms with Gasteiger partial charge in [-0.1, -0.05) is 6.08 Å². The van der Waals surface area contributed by atoms with E-state index in [0.717, 1.165) is 17.2 Å². The number of carbonyl (C=O) groups is 1. The minimum Gasteiger partial charge on any atom is -0.387 e. The van der Waals surface area contributed by atoms with Gasteiger partial charge in [0, 0.05) is 18.0 Å². The Morgan fingerprint density at radius 3 is 2.43 bits per heavy atom. The highest BCUT2D eigenvalue weighted by atomic mass is 31.3. The number of primary amides is 1. The Morgan fingerprint density at radius 2 is 1.76 bits per heavy atom. The molecule has 1 amide bonds. The van der Waals surface area contributed by atoms with Gasteiger partial charge in [0.2, 0.25) is 5.91 Å². The van der Waals surface area contributed by atoms with Crippen molar-refractivity contribution in [2.24, 2.45) is 11.1 Å². The van der Waals surface area contributed by atoms with Gasteiger partial charge in [-0.05, 0) is 6.42 Å². The highest BCUT2D eigenvalue weighted by molar-refractivity contribution is 7.61. The molecular weight excluding hydrogens is 761 g/mol. The van der Waals surface area contributed by atoms with Crippen molar-refractivity contribution in [3.05, 3.63) is 41.6 Å². The predicted octanol–water partition coefficient (Wildman–Crippen LogP) is -2.54. The van der Waals surface area contributed by atoms with Gasteiger partial charge in [-0.2, -0.15) is 4.31 Å². The van der Waals surface area contributed by atoms with E-state index in [4.69, 9.17) is 20.9 Å². The molecule has 10 atom stereocenters.